The van der Waals surface area contributed by atoms with Gasteiger partial charge in [-0.2, -0.15) is 0 Å². The number of carbonyl (C=O) groups excluding carboxylic acids is 2. The van der Waals surface area contributed by atoms with E-state index in [1.807, 2.05) is 38.1 Å². The fourth-order valence-electron chi connectivity index (χ4n) is 3.88. The molecule has 9 nitrogen and oxygen atoms in total. The first-order chi connectivity index (χ1) is 15.4. The molecule has 1 aromatic carbocycles. The molecule has 1 aromatic heterocycles. The Morgan fingerprint density at radius 2 is 2.00 bits per heavy atom. The predicted octanol–water partition coefficient (Wildman–Crippen LogP) is 2.27. The molecule has 33 heavy (non-hydrogen) atoms. The number of aliphatic hydroxyl groups is 1. The van der Waals surface area contributed by atoms with Crippen molar-refractivity contribution in [1.82, 2.24) is 14.9 Å². The number of hydrogen-bond acceptors (Lipinski definition) is 9. The van der Waals surface area contributed by atoms with Gasteiger partial charge >= 0.3 is 5.97 Å². The Hall–Kier alpha value is -2.69. The van der Waals surface area contributed by atoms with E-state index in [9.17, 15) is 14.7 Å². The highest BCUT2D eigenvalue weighted by Crippen LogP contribution is 2.37. The Bertz CT molecular complexity index is 1010. The standard InChI is InChI=1S/C23H33N5O4S/c1-13(2)19(28(25)12-15(24)22(31)32-23(3,4)5)21(30)27-11-14(29)10-17(27)20-26-16-8-6-7-9-18(16)33-20/h6-9,12-14,17,19,29H,10-11,24-25H2,1-5H3/b15-12-/t14-,17+,19+/m1/s1. The molecule has 0 spiro atoms. The van der Waals surface area contributed by atoms with E-state index in [0.29, 0.717) is 6.42 Å². The summed E-state index contributed by atoms with van der Waals surface area (Å²) in [4.78, 5) is 32.2. The van der Waals surface area contributed by atoms with E-state index in [2.05, 4.69) is 0 Å². The monoisotopic (exact) mass is 475 g/mol. The van der Waals surface area contributed by atoms with Gasteiger partial charge in [0.05, 0.1) is 22.4 Å². The number of nitrogens with two attached hydrogens (primary N) is 2. The van der Waals surface area contributed by atoms with Crippen molar-refractivity contribution in [2.45, 2.75) is 64.8 Å². The van der Waals surface area contributed by atoms with Crippen molar-refractivity contribution in [2.75, 3.05) is 6.54 Å². The summed E-state index contributed by atoms with van der Waals surface area (Å²) in [5.41, 5.74) is 5.84. The van der Waals surface area contributed by atoms with Crippen LogP contribution in [0.3, 0.4) is 0 Å². The topological polar surface area (TPSA) is 135 Å². The Kier molecular flexibility index (Phi) is 7.30. The number of likely N-dealkylation sites (tertiary alicyclic amines) is 1. The van der Waals surface area contributed by atoms with Crippen LogP contribution in [0.2, 0.25) is 0 Å². The van der Waals surface area contributed by atoms with Crippen LogP contribution in [0.1, 0.15) is 52.1 Å². The summed E-state index contributed by atoms with van der Waals surface area (Å²) in [5, 5.41) is 12.3. The van der Waals surface area contributed by atoms with E-state index < -0.39 is 23.7 Å². The zero-order chi connectivity index (χ0) is 24.5. The SMILES string of the molecule is CC(C)[C@@H](C(=O)N1C[C@H](O)C[C@H]1c1nc2ccccc2s1)N(N)/C=C(\N)C(=O)OC(C)(C)C. The number of thiazole rings is 1. The van der Waals surface area contributed by atoms with Crippen LogP contribution >= 0.6 is 11.3 Å². The fourth-order valence-corrected chi connectivity index (χ4v) is 4.98. The number of aliphatic hydroxyl groups excluding tert-OH is 1. The molecule has 0 bridgehead atoms. The summed E-state index contributed by atoms with van der Waals surface area (Å²) in [6.07, 6.45) is 0.972. The molecule has 0 saturated carbocycles. The molecule has 5 N–H and O–H groups in total. The number of para-hydroxylation sites is 1. The van der Waals surface area contributed by atoms with Gasteiger partial charge in [-0.05, 0) is 38.8 Å². The second kappa shape index (κ2) is 9.66. The molecule has 3 atom stereocenters. The van der Waals surface area contributed by atoms with Crippen LogP contribution in [0.15, 0.2) is 36.2 Å². The number of benzene rings is 1. The molecule has 0 unspecified atom stereocenters. The Balaban J connectivity index is 1.85. The number of hydrazine groups is 1. The normalized spacial score (nSPS) is 20.4. The minimum absolute atomic E-state index is 0.182. The van der Waals surface area contributed by atoms with Crippen LogP contribution in [0, 0.1) is 5.92 Å². The number of fused-ring (bicyclic) bond motifs is 1. The molecule has 1 aliphatic heterocycles. The van der Waals surface area contributed by atoms with Gasteiger partial charge in [0, 0.05) is 19.2 Å². The summed E-state index contributed by atoms with van der Waals surface area (Å²) >= 11 is 1.51. The molecule has 180 valence electrons. The number of nitrogens with zero attached hydrogens (tertiary/aromatic N) is 3. The van der Waals surface area contributed by atoms with Gasteiger partial charge in [-0.3, -0.25) is 4.79 Å². The molecular weight excluding hydrogens is 442 g/mol. The van der Waals surface area contributed by atoms with Crippen LogP contribution in [0.25, 0.3) is 10.2 Å². The molecule has 0 aliphatic carbocycles. The molecule has 2 heterocycles. The minimum atomic E-state index is -0.798. The number of aromatic nitrogens is 1. The van der Waals surface area contributed by atoms with Crippen molar-refractivity contribution in [1.29, 1.82) is 0 Å². The van der Waals surface area contributed by atoms with Crippen molar-refractivity contribution >= 4 is 33.4 Å². The van der Waals surface area contributed by atoms with E-state index in [0.717, 1.165) is 20.2 Å². The minimum Gasteiger partial charge on any atom is -0.455 e. The highest BCUT2D eigenvalue weighted by molar-refractivity contribution is 7.18. The van der Waals surface area contributed by atoms with E-state index in [1.165, 1.54) is 17.5 Å². The van der Waals surface area contributed by atoms with E-state index in [1.54, 1.807) is 25.7 Å². The number of ether oxygens (including phenoxy) is 1. The van der Waals surface area contributed by atoms with E-state index in [-0.39, 0.29) is 30.1 Å². The second-order valence-corrected chi connectivity index (χ2v) is 10.7. The van der Waals surface area contributed by atoms with Gasteiger partial charge < -0.3 is 25.5 Å². The van der Waals surface area contributed by atoms with Crippen molar-refractivity contribution in [2.24, 2.45) is 17.5 Å². The van der Waals surface area contributed by atoms with Crippen molar-refractivity contribution in [3.8, 4) is 0 Å². The molecular formula is C23H33N5O4S. The summed E-state index contributed by atoms with van der Waals surface area (Å²) < 4.78 is 6.29. The van der Waals surface area contributed by atoms with Crippen molar-refractivity contribution < 1.29 is 19.4 Å². The Morgan fingerprint density at radius 1 is 1.33 bits per heavy atom. The summed E-state index contributed by atoms with van der Waals surface area (Å²) in [7, 11) is 0. The first-order valence-corrected chi connectivity index (χ1v) is 11.8. The molecule has 2 aromatic rings. The molecule has 10 heteroatoms. The zero-order valence-corrected chi connectivity index (χ0v) is 20.5. The number of hydrogen-bond donors (Lipinski definition) is 3. The molecule has 1 aliphatic rings. The summed E-state index contributed by atoms with van der Waals surface area (Å²) in [5.74, 6) is 5.05. The molecule has 1 amide bonds. The smallest absolute Gasteiger partial charge is 0.356 e. The lowest BCUT2D eigenvalue weighted by atomic mass is 10.0. The lowest BCUT2D eigenvalue weighted by molar-refractivity contribution is -0.150. The van der Waals surface area contributed by atoms with Gasteiger partial charge in [-0.25, -0.2) is 15.6 Å². The highest BCUT2D eigenvalue weighted by atomic mass is 32.1. The Labute approximate surface area is 198 Å². The molecule has 3 rings (SSSR count). The van der Waals surface area contributed by atoms with Gasteiger partial charge in [0.15, 0.2) is 0 Å². The average molecular weight is 476 g/mol. The maximum absolute atomic E-state index is 13.6. The van der Waals surface area contributed by atoms with Crippen LogP contribution < -0.4 is 11.6 Å². The van der Waals surface area contributed by atoms with Crippen LogP contribution in [-0.4, -0.2) is 56.2 Å². The third-order valence-corrected chi connectivity index (χ3v) is 6.42. The van der Waals surface area contributed by atoms with Gasteiger partial charge in [0.25, 0.3) is 0 Å². The molecule has 1 saturated heterocycles. The molecule has 0 radical (unpaired) electrons. The summed E-state index contributed by atoms with van der Waals surface area (Å²) in [6.45, 7) is 9.11. The maximum atomic E-state index is 13.6. The largest absolute Gasteiger partial charge is 0.455 e. The van der Waals surface area contributed by atoms with Crippen molar-refractivity contribution in [3.63, 3.8) is 0 Å². The van der Waals surface area contributed by atoms with Gasteiger partial charge in [-0.1, -0.05) is 26.0 Å². The number of esters is 1. The average Bonchev–Trinajstić information content (AvgIpc) is 3.29. The first kappa shape index (κ1) is 24.9. The van der Waals surface area contributed by atoms with Crippen LogP contribution in [0.4, 0.5) is 0 Å². The van der Waals surface area contributed by atoms with Gasteiger partial charge in [-0.15, -0.1) is 11.3 Å². The van der Waals surface area contributed by atoms with Crippen LogP contribution in [0.5, 0.6) is 0 Å². The lowest BCUT2D eigenvalue weighted by Gasteiger charge is -2.34. The number of amides is 1. The number of carbonyl (C=O) groups is 2. The van der Waals surface area contributed by atoms with Crippen LogP contribution in [-0.2, 0) is 14.3 Å². The second-order valence-electron chi connectivity index (χ2n) is 9.64. The Morgan fingerprint density at radius 3 is 2.61 bits per heavy atom. The quantitative estimate of drug-likeness (QED) is 0.251. The summed E-state index contributed by atoms with van der Waals surface area (Å²) in [6, 6.07) is 6.62. The van der Waals surface area contributed by atoms with Gasteiger partial charge in [0.1, 0.15) is 22.3 Å². The maximum Gasteiger partial charge on any atom is 0.356 e. The number of rotatable bonds is 6. The predicted molar refractivity (Wildman–Crippen MR) is 127 cm³/mol. The van der Waals surface area contributed by atoms with Crippen molar-refractivity contribution in [3.05, 3.63) is 41.2 Å². The lowest BCUT2D eigenvalue weighted by Crippen LogP contribution is -2.52. The third kappa shape index (κ3) is 5.82. The fraction of sp³-hybridized carbons (Fsp3) is 0.522. The van der Waals surface area contributed by atoms with E-state index >= 15 is 0 Å². The van der Waals surface area contributed by atoms with Gasteiger partial charge in [0.2, 0.25) is 5.91 Å². The molecule has 1 fully saturated rings. The third-order valence-electron chi connectivity index (χ3n) is 5.29. The highest BCUT2D eigenvalue weighted by Gasteiger charge is 2.41. The zero-order valence-electron chi connectivity index (χ0n) is 19.7. The number of β-amino-alcohol motifs (C(OH)–C–C–N with tert-alkyl or cyclic N) is 1. The van der Waals surface area contributed by atoms with E-state index in [4.69, 9.17) is 21.3 Å². The first-order valence-electron chi connectivity index (χ1n) is 10.9.